The average Bonchev–Trinajstić information content (AvgIpc) is 3.04. The first-order valence-corrected chi connectivity index (χ1v) is 8.02. The summed E-state index contributed by atoms with van der Waals surface area (Å²) in [5.41, 5.74) is -0.299. The molecule has 108 valence electrons. The fraction of sp³-hybridized carbons (Fsp3) is 0.938. The van der Waals surface area contributed by atoms with Gasteiger partial charge in [0.15, 0.2) is 0 Å². The van der Waals surface area contributed by atoms with Crippen molar-refractivity contribution in [3.63, 3.8) is 0 Å². The van der Waals surface area contributed by atoms with E-state index >= 15 is 0 Å². The maximum atomic E-state index is 9.32. The minimum Gasteiger partial charge on any atom is -0.303 e. The summed E-state index contributed by atoms with van der Waals surface area (Å²) in [6.07, 6.45) is 11.4. The largest absolute Gasteiger partial charge is 0.303 e. The van der Waals surface area contributed by atoms with Gasteiger partial charge in [-0.05, 0) is 65.5 Å². The molecule has 0 saturated heterocycles. The van der Waals surface area contributed by atoms with Crippen LogP contribution in [0.5, 0.6) is 0 Å². The first kappa shape index (κ1) is 14.8. The Morgan fingerprint density at radius 3 is 2.47 bits per heavy atom. The summed E-state index contributed by atoms with van der Waals surface area (Å²) < 4.78 is 0. The monoisotopic (exact) mass is 263 g/mol. The van der Waals surface area contributed by atoms with Gasteiger partial charge in [-0.1, -0.05) is 12.8 Å². The van der Waals surface area contributed by atoms with Gasteiger partial charge >= 0.3 is 0 Å². The molecule has 2 aliphatic rings. The molecule has 3 nitrogen and oxygen atoms in total. The minimum atomic E-state index is -0.299. The van der Waals surface area contributed by atoms with Crippen LogP contribution >= 0.6 is 0 Å². The zero-order valence-corrected chi connectivity index (χ0v) is 12.6. The molecule has 1 unspecified atom stereocenters. The highest BCUT2D eigenvalue weighted by Crippen LogP contribution is 2.25. The number of nitriles is 1. The van der Waals surface area contributed by atoms with E-state index in [0.29, 0.717) is 6.04 Å². The maximum Gasteiger partial charge on any atom is 0.104 e. The van der Waals surface area contributed by atoms with Crippen molar-refractivity contribution in [3.8, 4) is 6.07 Å². The summed E-state index contributed by atoms with van der Waals surface area (Å²) in [4.78, 5) is 2.53. The van der Waals surface area contributed by atoms with E-state index in [4.69, 9.17) is 0 Å². The van der Waals surface area contributed by atoms with Gasteiger partial charge in [0.1, 0.15) is 5.54 Å². The highest BCUT2D eigenvalue weighted by Gasteiger charge is 2.31. The molecule has 2 rings (SSSR count). The van der Waals surface area contributed by atoms with Crippen molar-refractivity contribution in [2.75, 3.05) is 13.6 Å². The topological polar surface area (TPSA) is 39.1 Å². The normalized spacial score (nSPS) is 23.5. The molecule has 0 aliphatic heterocycles. The van der Waals surface area contributed by atoms with Crippen molar-refractivity contribution < 1.29 is 0 Å². The summed E-state index contributed by atoms with van der Waals surface area (Å²) in [5.74, 6) is 0. The Kier molecular flexibility index (Phi) is 5.24. The lowest BCUT2D eigenvalue weighted by molar-refractivity contribution is 0.237. The number of nitrogens with zero attached hydrogens (tertiary/aromatic N) is 2. The Morgan fingerprint density at radius 1 is 1.21 bits per heavy atom. The van der Waals surface area contributed by atoms with Crippen molar-refractivity contribution in [2.45, 2.75) is 82.3 Å². The fourth-order valence-corrected chi connectivity index (χ4v) is 3.21. The summed E-state index contributed by atoms with van der Waals surface area (Å²) in [7, 11) is 2.27. The SMILES string of the molecule is CN(CCCCC(C)(C#N)NC1CC1)C1CCCC1. The Labute approximate surface area is 118 Å². The molecule has 1 N–H and O–H groups in total. The summed E-state index contributed by atoms with van der Waals surface area (Å²) in [5, 5.41) is 12.8. The molecular weight excluding hydrogens is 234 g/mol. The molecular formula is C16H29N3. The zero-order valence-electron chi connectivity index (χ0n) is 12.6. The molecule has 0 bridgehead atoms. The predicted molar refractivity (Wildman–Crippen MR) is 78.9 cm³/mol. The maximum absolute atomic E-state index is 9.32. The zero-order chi connectivity index (χ0) is 13.7. The third-order valence-electron chi connectivity index (χ3n) is 4.73. The second kappa shape index (κ2) is 6.72. The quantitative estimate of drug-likeness (QED) is 0.684. The molecule has 0 amide bonds. The summed E-state index contributed by atoms with van der Waals surface area (Å²) >= 11 is 0. The van der Waals surface area contributed by atoms with Crippen molar-refractivity contribution in [3.05, 3.63) is 0 Å². The van der Waals surface area contributed by atoms with E-state index in [1.54, 1.807) is 0 Å². The van der Waals surface area contributed by atoms with E-state index < -0.39 is 0 Å². The van der Waals surface area contributed by atoms with Gasteiger partial charge in [0.25, 0.3) is 0 Å². The molecule has 2 saturated carbocycles. The van der Waals surface area contributed by atoms with Crippen molar-refractivity contribution >= 4 is 0 Å². The Morgan fingerprint density at radius 2 is 1.89 bits per heavy atom. The third-order valence-corrected chi connectivity index (χ3v) is 4.73. The molecule has 0 radical (unpaired) electrons. The standard InChI is InChI=1S/C16H29N3/c1-16(13-17,18-14-9-10-14)11-5-6-12-19(2)15-7-3-4-8-15/h14-15,18H,3-12H2,1-2H3. The van der Waals surface area contributed by atoms with Crippen LogP contribution in [0.3, 0.4) is 0 Å². The molecule has 0 heterocycles. The van der Waals surface area contributed by atoms with Crippen LogP contribution in [0.2, 0.25) is 0 Å². The Balaban J connectivity index is 1.60. The fourth-order valence-electron chi connectivity index (χ4n) is 3.21. The molecule has 2 fully saturated rings. The van der Waals surface area contributed by atoms with Gasteiger partial charge in [0.2, 0.25) is 0 Å². The molecule has 0 spiro atoms. The van der Waals surface area contributed by atoms with Crippen LogP contribution < -0.4 is 5.32 Å². The predicted octanol–water partition coefficient (Wildman–Crippen LogP) is 3.07. The molecule has 0 aromatic carbocycles. The van der Waals surface area contributed by atoms with Gasteiger partial charge in [-0.2, -0.15) is 5.26 Å². The van der Waals surface area contributed by atoms with E-state index in [1.807, 2.05) is 0 Å². The van der Waals surface area contributed by atoms with Gasteiger partial charge in [0.05, 0.1) is 6.07 Å². The van der Waals surface area contributed by atoms with Crippen LogP contribution in [-0.2, 0) is 0 Å². The van der Waals surface area contributed by atoms with E-state index in [1.165, 1.54) is 51.5 Å². The van der Waals surface area contributed by atoms with Crippen LogP contribution in [0.1, 0.15) is 64.7 Å². The van der Waals surface area contributed by atoms with E-state index in [2.05, 4.69) is 30.3 Å². The van der Waals surface area contributed by atoms with Crippen molar-refractivity contribution in [1.82, 2.24) is 10.2 Å². The van der Waals surface area contributed by atoms with Gasteiger partial charge in [-0.25, -0.2) is 0 Å². The molecule has 3 heteroatoms. The van der Waals surface area contributed by atoms with E-state index in [0.717, 1.165) is 18.9 Å². The third kappa shape index (κ3) is 4.78. The van der Waals surface area contributed by atoms with E-state index in [-0.39, 0.29) is 5.54 Å². The minimum absolute atomic E-state index is 0.299. The Bertz CT molecular complexity index is 312. The van der Waals surface area contributed by atoms with Crippen molar-refractivity contribution in [2.24, 2.45) is 0 Å². The second-order valence-electron chi connectivity index (χ2n) is 6.74. The molecule has 19 heavy (non-hydrogen) atoms. The molecule has 0 aromatic rings. The highest BCUT2D eigenvalue weighted by molar-refractivity contribution is 5.06. The van der Waals surface area contributed by atoms with Gasteiger partial charge in [-0.15, -0.1) is 0 Å². The van der Waals surface area contributed by atoms with Gasteiger partial charge < -0.3 is 4.90 Å². The second-order valence-corrected chi connectivity index (χ2v) is 6.74. The molecule has 2 aliphatic carbocycles. The molecule has 1 atom stereocenters. The average molecular weight is 263 g/mol. The van der Waals surface area contributed by atoms with Crippen LogP contribution in [0.4, 0.5) is 0 Å². The van der Waals surface area contributed by atoms with Crippen LogP contribution in [0.25, 0.3) is 0 Å². The van der Waals surface area contributed by atoms with Gasteiger partial charge in [0, 0.05) is 12.1 Å². The van der Waals surface area contributed by atoms with Crippen LogP contribution in [0, 0.1) is 11.3 Å². The lowest BCUT2D eigenvalue weighted by Gasteiger charge is -2.26. The summed E-state index contributed by atoms with van der Waals surface area (Å²) in [6, 6.07) is 3.91. The van der Waals surface area contributed by atoms with Crippen LogP contribution in [-0.4, -0.2) is 36.1 Å². The number of hydrogen-bond acceptors (Lipinski definition) is 3. The lowest BCUT2D eigenvalue weighted by Crippen LogP contribution is -2.42. The first-order valence-electron chi connectivity index (χ1n) is 8.02. The lowest BCUT2D eigenvalue weighted by atomic mass is 9.96. The number of rotatable bonds is 8. The van der Waals surface area contributed by atoms with Crippen molar-refractivity contribution in [1.29, 1.82) is 5.26 Å². The molecule has 0 aromatic heterocycles. The van der Waals surface area contributed by atoms with Crippen LogP contribution in [0.15, 0.2) is 0 Å². The number of hydrogen-bond donors (Lipinski definition) is 1. The number of nitrogens with one attached hydrogen (secondary N) is 1. The van der Waals surface area contributed by atoms with Gasteiger partial charge in [-0.3, -0.25) is 5.32 Å². The van der Waals surface area contributed by atoms with E-state index in [9.17, 15) is 5.26 Å². The highest BCUT2D eigenvalue weighted by atomic mass is 15.1. The smallest absolute Gasteiger partial charge is 0.104 e. The first-order chi connectivity index (χ1) is 9.13. The number of unbranched alkanes of at least 4 members (excludes halogenated alkanes) is 1. The Hall–Kier alpha value is -0.590. The summed E-state index contributed by atoms with van der Waals surface area (Å²) in [6.45, 7) is 3.25.